The molecule has 0 unspecified atom stereocenters. The minimum Gasteiger partial charge on any atom is -0.321 e. The number of nitrogens with zero attached hydrogens (tertiary/aromatic N) is 2. The van der Waals surface area contributed by atoms with Crippen molar-refractivity contribution in [1.82, 2.24) is 4.57 Å². The molecule has 1 amide bonds. The van der Waals surface area contributed by atoms with Crippen LogP contribution in [0.5, 0.6) is 0 Å². The maximum atomic E-state index is 12.7. The Morgan fingerprint density at radius 1 is 1.07 bits per heavy atom. The molecule has 1 N–H and O–H groups in total. The number of aromatic nitrogens is 1. The molecule has 0 saturated heterocycles. The molecule has 0 atom stereocenters. The Balaban J connectivity index is 1.98. The number of halogens is 2. The number of rotatable bonds is 4. The Kier molecular flexibility index (Phi) is 6.36. The minimum absolute atomic E-state index is 0.0263. The van der Waals surface area contributed by atoms with Gasteiger partial charge in [0.1, 0.15) is 11.6 Å². The monoisotopic (exact) mass is 437 g/mol. The molecule has 0 aliphatic carbocycles. The van der Waals surface area contributed by atoms with Crippen LogP contribution >= 0.6 is 23.2 Å². The van der Waals surface area contributed by atoms with Crippen LogP contribution in [-0.2, 0) is 4.79 Å². The molecule has 1 heterocycles. The molecular weight excluding hydrogens is 417 g/mol. The number of carbonyl (C=O) groups is 1. The van der Waals surface area contributed by atoms with Gasteiger partial charge in [0.25, 0.3) is 5.91 Å². The highest BCUT2D eigenvalue weighted by molar-refractivity contribution is 6.35. The van der Waals surface area contributed by atoms with E-state index < -0.39 is 5.91 Å². The fraction of sp³-hybridized carbons (Fsp3) is 0.167. The number of hydrogen-bond acceptors (Lipinski definition) is 2. The van der Waals surface area contributed by atoms with Crippen LogP contribution in [0.3, 0.4) is 0 Å². The van der Waals surface area contributed by atoms with E-state index in [0.717, 1.165) is 33.8 Å². The summed E-state index contributed by atoms with van der Waals surface area (Å²) in [4.78, 5) is 12.7. The number of hydrogen-bond donors (Lipinski definition) is 1. The number of amides is 1. The first kappa shape index (κ1) is 21.7. The van der Waals surface area contributed by atoms with Crippen molar-refractivity contribution in [3.05, 3.63) is 86.2 Å². The maximum absolute atomic E-state index is 12.7. The lowest BCUT2D eigenvalue weighted by atomic mass is 10.1. The number of aryl methyl sites for hydroxylation is 3. The van der Waals surface area contributed by atoms with E-state index in [2.05, 4.69) is 5.32 Å². The van der Waals surface area contributed by atoms with Crippen molar-refractivity contribution in [1.29, 1.82) is 5.26 Å². The zero-order valence-electron chi connectivity index (χ0n) is 17.2. The average molecular weight is 438 g/mol. The van der Waals surface area contributed by atoms with Crippen LogP contribution in [0.25, 0.3) is 11.8 Å². The van der Waals surface area contributed by atoms with E-state index in [-0.39, 0.29) is 5.57 Å². The number of nitrogens with one attached hydrogen (secondary N) is 1. The summed E-state index contributed by atoms with van der Waals surface area (Å²) in [5, 5.41) is 13.5. The van der Waals surface area contributed by atoms with Gasteiger partial charge in [-0.15, -0.1) is 0 Å². The normalized spacial score (nSPS) is 11.3. The van der Waals surface area contributed by atoms with E-state index in [1.54, 1.807) is 18.2 Å². The molecule has 1 aromatic heterocycles. The third-order valence-corrected chi connectivity index (χ3v) is 5.46. The fourth-order valence-electron chi connectivity index (χ4n) is 3.33. The molecule has 0 saturated carbocycles. The lowest BCUT2D eigenvalue weighted by molar-refractivity contribution is -0.112. The van der Waals surface area contributed by atoms with Gasteiger partial charge >= 0.3 is 0 Å². The van der Waals surface area contributed by atoms with Crippen LogP contribution < -0.4 is 5.32 Å². The molecule has 0 bridgehead atoms. The van der Waals surface area contributed by atoms with E-state index >= 15 is 0 Å². The van der Waals surface area contributed by atoms with E-state index in [1.165, 1.54) is 0 Å². The van der Waals surface area contributed by atoms with Gasteiger partial charge in [-0.05, 0) is 80.8 Å². The van der Waals surface area contributed by atoms with Gasteiger partial charge in [0, 0.05) is 22.1 Å². The van der Waals surface area contributed by atoms with Crippen molar-refractivity contribution in [2.45, 2.75) is 27.7 Å². The summed E-state index contributed by atoms with van der Waals surface area (Å²) in [6, 6.07) is 15.0. The first-order valence-corrected chi connectivity index (χ1v) is 10.1. The van der Waals surface area contributed by atoms with Gasteiger partial charge in [-0.3, -0.25) is 4.79 Å². The Hall–Kier alpha value is -3.00. The predicted octanol–water partition coefficient (Wildman–Crippen LogP) is 6.56. The highest BCUT2D eigenvalue weighted by atomic mass is 35.5. The fourth-order valence-corrected chi connectivity index (χ4v) is 3.82. The summed E-state index contributed by atoms with van der Waals surface area (Å²) < 4.78 is 1.97. The van der Waals surface area contributed by atoms with Crippen LogP contribution in [0.2, 0.25) is 10.0 Å². The van der Waals surface area contributed by atoms with Crippen molar-refractivity contribution in [2.75, 3.05) is 5.32 Å². The number of anilines is 1. The molecule has 152 valence electrons. The summed E-state index contributed by atoms with van der Waals surface area (Å²) >= 11 is 12.4. The summed E-state index contributed by atoms with van der Waals surface area (Å²) in [5.74, 6) is -0.444. The molecule has 0 fully saturated rings. The topological polar surface area (TPSA) is 57.8 Å². The van der Waals surface area contributed by atoms with Crippen molar-refractivity contribution >= 4 is 40.9 Å². The van der Waals surface area contributed by atoms with Crippen molar-refractivity contribution < 1.29 is 4.79 Å². The number of nitriles is 1. The molecule has 0 aliphatic rings. The van der Waals surface area contributed by atoms with Gasteiger partial charge in [-0.1, -0.05) is 35.3 Å². The van der Waals surface area contributed by atoms with Crippen LogP contribution in [0, 0.1) is 39.0 Å². The molecule has 4 nitrogen and oxygen atoms in total. The van der Waals surface area contributed by atoms with E-state index in [4.69, 9.17) is 23.2 Å². The van der Waals surface area contributed by atoms with Crippen molar-refractivity contribution in [2.24, 2.45) is 0 Å². The summed E-state index contributed by atoms with van der Waals surface area (Å²) in [6.07, 6.45) is 1.60. The molecule has 2 aromatic carbocycles. The second-order valence-electron chi connectivity index (χ2n) is 7.20. The zero-order chi connectivity index (χ0) is 22.0. The van der Waals surface area contributed by atoms with E-state index in [9.17, 15) is 10.1 Å². The van der Waals surface area contributed by atoms with Gasteiger partial charge in [0.15, 0.2) is 0 Å². The summed E-state index contributed by atoms with van der Waals surface area (Å²) in [6.45, 7) is 7.72. The van der Waals surface area contributed by atoms with E-state index in [0.29, 0.717) is 15.7 Å². The molecular formula is C24H21Cl2N3O. The van der Waals surface area contributed by atoms with Crippen molar-refractivity contribution in [3.8, 4) is 11.8 Å². The third-order valence-electron chi connectivity index (χ3n) is 4.93. The first-order valence-electron chi connectivity index (χ1n) is 9.36. The molecule has 3 rings (SSSR count). The van der Waals surface area contributed by atoms with Crippen LogP contribution in [-0.4, -0.2) is 10.5 Å². The minimum atomic E-state index is -0.444. The SMILES string of the molecule is Cc1ccc(C)c(NC(=O)/C(C#N)=C/c2cc(C)n(-c3ccc(Cl)cc3Cl)c2C)c1. The highest BCUT2D eigenvalue weighted by Crippen LogP contribution is 2.29. The molecule has 0 radical (unpaired) electrons. The average Bonchev–Trinajstić information content (AvgIpc) is 2.96. The second kappa shape index (κ2) is 8.79. The van der Waals surface area contributed by atoms with Crippen molar-refractivity contribution in [3.63, 3.8) is 0 Å². The Morgan fingerprint density at radius 3 is 2.47 bits per heavy atom. The van der Waals surface area contributed by atoms with Gasteiger partial charge in [-0.25, -0.2) is 0 Å². The lowest BCUT2D eigenvalue weighted by Gasteiger charge is -2.12. The Labute approximate surface area is 186 Å². The third kappa shape index (κ3) is 4.43. The molecule has 0 aliphatic heterocycles. The van der Waals surface area contributed by atoms with Gasteiger partial charge in [0.05, 0.1) is 10.7 Å². The first-order chi connectivity index (χ1) is 14.2. The Bertz CT molecular complexity index is 1220. The van der Waals surface area contributed by atoms with Gasteiger partial charge in [-0.2, -0.15) is 5.26 Å². The maximum Gasteiger partial charge on any atom is 0.266 e. The molecule has 6 heteroatoms. The predicted molar refractivity (Wildman–Crippen MR) is 123 cm³/mol. The largest absolute Gasteiger partial charge is 0.321 e. The van der Waals surface area contributed by atoms with Crippen LogP contribution in [0.4, 0.5) is 5.69 Å². The standard InChI is InChI=1S/C24H21Cl2N3O/c1-14-5-6-15(2)22(9-14)28-24(30)19(13-27)11-18-10-16(3)29(17(18)4)23-8-7-20(25)12-21(23)26/h5-12H,1-4H3,(H,28,30)/b19-11+. The second-order valence-corrected chi connectivity index (χ2v) is 8.04. The van der Waals surface area contributed by atoms with Crippen LogP contribution in [0.15, 0.2) is 48.0 Å². The van der Waals surface area contributed by atoms with Crippen LogP contribution in [0.1, 0.15) is 28.1 Å². The molecule has 0 spiro atoms. The smallest absolute Gasteiger partial charge is 0.266 e. The number of benzene rings is 2. The number of carbonyl (C=O) groups excluding carboxylic acids is 1. The van der Waals surface area contributed by atoms with E-state index in [1.807, 2.05) is 68.7 Å². The molecule has 3 aromatic rings. The van der Waals surface area contributed by atoms with Gasteiger partial charge < -0.3 is 9.88 Å². The lowest BCUT2D eigenvalue weighted by Crippen LogP contribution is -2.14. The molecule has 30 heavy (non-hydrogen) atoms. The summed E-state index contributed by atoms with van der Waals surface area (Å²) in [5.41, 5.74) is 6.03. The Morgan fingerprint density at radius 2 is 1.80 bits per heavy atom. The van der Waals surface area contributed by atoms with Gasteiger partial charge in [0.2, 0.25) is 0 Å². The quantitative estimate of drug-likeness (QED) is 0.370. The summed E-state index contributed by atoms with van der Waals surface area (Å²) in [7, 11) is 0. The zero-order valence-corrected chi connectivity index (χ0v) is 18.7. The highest BCUT2D eigenvalue weighted by Gasteiger charge is 2.16.